The van der Waals surface area contributed by atoms with Crippen molar-refractivity contribution in [3.8, 4) is 0 Å². The van der Waals surface area contributed by atoms with Crippen molar-refractivity contribution >= 4 is 28.0 Å². The molecule has 0 aliphatic heterocycles. The lowest BCUT2D eigenvalue weighted by Gasteiger charge is -2.36. The second-order valence-corrected chi connectivity index (χ2v) is 11.7. The number of allylic oxidation sites excluding steroid dienone is 8. The Balaban J connectivity index is 1.72. The molecule has 4 atom stereocenters. The molecule has 6 rings (SSSR count). The van der Waals surface area contributed by atoms with Crippen LogP contribution in [0.5, 0.6) is 0 Å². The van der Waals surface area contributed by atoms with Crippen molar-refractivity contribution in [3.05, 3.63) is 86.4 Å². The average Bonchev–Trinajstić information content (AvgIpc) is 2.82. The largest absolute Gasteiger partial charge is 0.0810 e. The van der Waals surface area contributed by atoms with Crippen LogP contribution in [0.3, 0.4) is 0 Å². The van der Waals surface area contributed by atoms with Gasteiger partial charge in [0, 0.05) is 0 Å². The van der Waals surface area contributed by atoms with Gasteiger partial charge in [-0.05, 0) is 125 Å². The normalized spacial score (nSPS) is 28.1. The summed E-state index contributed by atoms with van der Waals surface area (Å²) in [5.74, 6) is 2.50. The smallest absolute Gasteiger partial charge is 0.00646 e. The van der Waals surface area contributed by atoms with Crippen LogP contribution in [0.2, 0.25) is 0 Å². The Hall–Kier alpha value is -2.60. The van der Waals surface area contributed by atoms with Crippen LogP contribution in [0.15, 0.2) is 59.2 Å². The first-order valence-corrected chi connectivity index (χ1v) is 13.4. The number of aryl methyl sites for hydroxylation is 1. The third kappa shape index (κ3) is 3.25. The lowest BCUT2D eigenvalue weighted by Crippen LogP contribution is -2.33. The standard InChI is InChI=1S/C34H38/c1-19-7-9-21(3)29(15-19)31-17-23(5)25-12-14-28-32(30-16-20(2)8-10-22(30)4)18-24(6)26-11-13-27(31)33(25)34(26)28/h7-8,11,13-16,18,21-23,25H,9-10,12,17H2,1-6H3. The predicted octanol–water partition coefficient (Wildman–Crippen LogP) is 7.89. The molecule has 0 heteroatoms. The zero-order valence-corrected chi connectivity index (χ0v) is 21.8. The zero-order chi connectivity index (χ0) is 23.7. The molecule has 2 aromatic rings. The average molecular weight is 447 g/mol. The monoisotopic (exact) mass is 446 g/mol. The number of hydrogen-bond acceptors (Lipinski definition) is 0. The minimum Gasteiger partial charge on any atom is -0.0810 e. The van der Waals surface area contributed by atoms with E-state index in [4.69, 9.17) is 0 Å². The summed E-state index contributed by atoms with van der Waals surface area (Å²) < 4.78 is 0. The van der Waals surface area contributed by atoms with Crippen LogP contribution >= 0.6 is 0 Å². The van der Waals surface area contributed by atoms with E-state index in [2.05, 4.69) is 90.1 Å². The molecule has 0 aromatic heterocycles. The fourth-order valence-corrected chi connectivity index (χ4v) is 7.17. The topological polar surface area (TPSA) is 0 Å². The Bertz CT molecular complexity index is 1470. The van der Waals surface area contributed by atoms with Gasteiger partial charge in [-0.2, -0.15) is 0 Å². The fourth-order valence-electron chi connectivity index (χ4n) is 7.17. The molecular weight excluding hydrogens is 408 g/mol. The molecule has 0 heterocycles. The molecule has 0 N–H and O–H groups in total. The van der Waals surface area contributed by atoms with Crippen molar-refractivity contribution < 1.29 is 0 Å². The minimum absolute atomic E-state index is 0.575. The number of benzene rings is 2. The van der Waals surface area contributed by atoms with Crippen LogP contribution in [0.4, 0.5) is 0 Å². The van der Waals surface area contributed by atoms with Gasteiger partial charge in [-0.1, -0.05) is 80.5 Å². The third-order valence-electron chi connectivity index (χ3n) is 9.15. The molecule has 0 saturated carbocycles. The molecule has 4 aliphatic rings. The zero-order valence-electron chi connectivity index (χ0n) is 21.8. The Labute approximate surface area is 205 Å². The summed E-state index contributed by atoms with van der Waals surface area (Å²) in [6, 6.07) is 7.40. The Kier molecular flexibility index (Phi) is 5.14. The molecule has 34 heavy (non-hydrogen) atoms. The highest BCUT2D eigenvalue weighted by Gasteiger charge is 2.33. The van der Waals surface area contributed by atoms with E-state index >= 15 is 0 Å². The van der Waals surface area contributed by atoms with Crippen molar-refractivity contribution in [2.75, 3.05) is 0 Å². The van der Waals surface area contributed by atoms with Gasteiger partial charge >= 0.3 is 0 Å². The summed E-state index contributed by atoms with van der Waals surface area (Å²) >= 11 is 0. The van der Waals surface area contributed by atoms with Gasteiger partial charge in [0.25, 0.3) is 0 Å². The van der Waals surface area contributed by atoms with Crippen LogP contribution in [0, 0.1) is 24.7 Å². The van der Waals surface area contributed by atoms with E-state index in [1.807, 2.05) is 0 Å². The summed E-state index contributed by atoms with van der Waals surface area (Å²) in [7, 11) is 0. The Morgan fingerprint density at radius 3 is 2.18 bits per heavy atom. The van der Waals surface area contributed by atoms with Crippen LogP contribution in [-0.2, 0) is 0 Å². The molecule has 0 fully saturated rings. The van der Waals surface area contributed by atoms with Gasteiger partial charge in [0.2, 0.25) is 0 Å². The SMILES string of the molecule is CC1=CCC(C)C(C2=c3ccc4c(C)cc(C5=CC(C)=CCC5C)c5c4c3C(CC=5)C(C)C2)=C1. The van der Waals surface area contributed by atoms with Crippen molar-refractivity contribution in [2.24, 2.45) is 17.8 Å². The molecule has 174 valence electrons. The molecule has 0 nitrogen and oxygen atoms in total. The first kappa shape index (κ1) is 21.9. The van der Waals surface area contributed by atoms with Crippen LogP contribution in [-0.4, -0.2) is 0 Å². The van der Waals surface area contributed by atoms with E-state index < -0.39 is 0 Å². The molecule has 0 amide bonds. The highest BCUT2D eigenvalue weighted by molar-refractivity contribution is 5.96. The Morgan fingerprint density at radius 2 is 1.44 bits per heavy atom. The van der Waals surface area contributed by atoms with E-state index in [0.717, 1.165) is 6.42 Å². The van der Waals surface area contributed by atoms with Crippen molar-refractivity contribution in [1.29, 1.82) is 0 Å². The molecule has 2 aromatic carbocycles. The first-order valence-electron chi connectivity index (χ1n) is 13.4. The maximum absolute atomic E-state index is 2.59. The van der Waals surface area contributed by atoms with Gasteiger partial charge in [-0.25, -0.2) is 0 Å². The summed E-state index contributed by atoms with van der Waals surface area (Å²) in [5.41, 5.74) is 12.2. The second-order valence-electron chi connectivity index (χ2n) is 11.7. The molecule has 0 saturated heterocycles. The van der Waals surface area contributed by atoms with Gasteiger partial charge < -0.3 is 0 Å². The summed E-state index contributed by atoms with van der Waals surface area (Å²) in [4.78, 5) is 0. The van der Waals surface area contributed by atoms with E-state index in [1.165, 1.54) is 57.7 Å². The Morgan fingerprint density at radius 1 is 0.765 bits per heavy atom. The lowest BCUT2D eigenvalue weighted by molar-refractivity contribution is 0.462. The summed E-state index contributed by atoms with van der Waals surface area (Å²) in [5, 5.41) is 6.09. The quantitative estimate of drug-likeness (QED) is 0.440. The van der Waals surface area contributed by atoms with E-state index in [1.54, 1.807) is 27.3 Å². The third-order valence-corrected chi connectivity index (χ3v) is 9.15. The van der Waals surface area contributed by atoms with Crippen molar-refractivity contribution in [3.63, 3.8) is 0 Å². The molecule has 4 unspecified atom stereocenters. The molecule has 0 bridgehead atoms. The van der Waals surface area contributed by atoms with E-state index in [9.17, 15) is 0 Å². The summed E-state index contributed by atoms with van der Waals surface area (Å²) in [6.45, 7) is 14.2. The molecule has 4 aliphatic carbocycles. The molecule has 0 spiro atoms. The van der Waals surface area contributed by atoms with Crippen molar-refractivity contribution in [2.45, 2.75) is 73.1 Å². The van der Waals surface area contributed by atoms with Gasteiger partial charge in [-0.15, -0.1) is 0 Å². The lowest BCUT2D eigenvalue weighted by atomic mass is 9.68. The predicted molar refractivity (Wildman–Crippen MR) is 148 cm³/mol. The second kappa shape index (κ2) is 7.98. The van der Waals surface area contributed by atoms with Crippen LogP contribution in [0.1, 0.15) is 82.9 Å². The minimum atomic E-state index is 0.575. The van der Waals surface area contributed by atoms with Gasteiger partial charge in [0.15, 0.2) is 0 Å². The highest BCUT2D eigenvalue weighted by atomic mass is 14.4. The van der Waals surface area contributed by atoms with E-state index in [-0.39, 0.29) is 0 Å². The first-order chi connectivity index (χ1) is 16.3. The maximum atomic E-state index is 2.59. The van der Waals surface area contributed by atoms with Gasteiger partial charge in [-0.3, -0.25) is 0 Å². The maximum Gasteiger partial charge on any atom is -0.00646 e. The van der Waals surface area contributed by atoms with Crippen LogP contribution < -0.4 is 10.4 Å². The fraction of sp³-hybridized carbons (Fsp3) is 0.412. The van der Waals surface area contributed by atoms with E-state index in [0.29, 0.717) is 23.7 Å². The van der Waals surface area contributed by atoms with Gasteiger partial charge in [0.1, 0.15) is 0 Å². The molecule has 0 radical (unpaired) electrons. The van der Waals surface area contributed by atoms with Crippen LogP contribution in [0.25, 0.3) is 28.0 Å². The number of rotatable bonds is 2. The van der Waals surface area contributed by atoms with Crippen molar-refractivity contribution in [1.82, 2.24) is 0 Å². The molecular formula is C34H38. The summed E-state index contributed by atoms with van der Waals surface area (Å²) in [6.07, 6.45) is 17.0. The highest BCUT2D eigenvalue weighted by Crippen LogP contribution is 2.44. The van der Waals surface area contributed by atoms with Gasteiger partial charge in [0.05, 0.1) is 0 Å². The number of hydrogen-bond donors (Lipinski definition) is 0.